The van der Waals surface area contributed by atoms with Crippen molar-refractivity contribution in [3.05, 3.63) is 64.8 Å². The van der Waals surface area contributed by atoms with Gasteiger partial charge in [0.1, 0.15) is 11.5 Å². The second kappa shape index (κ2) is 8.86. The molecule has 4 rings (SSSR count). The average Bonchev–Trinajstić information content (AvgIpc) is 3.33. The molecule has 8 nitrogen and oxygen atoms in total. The Labute approximate surface area is 186 Å². The van der Waals surface area contributed by atoms with Crippen molar-refractivity contribution in [1.82, 2.24) is 15.1 Å². The normalized spacial score (nSPS) is 10.9. The number of pyridine rings is 1. The molecule has 31 heavy (non-hydrogen) atoms. The number of hydrogen-bond donors (Lipinski definition) is 1. The molecule has 0 fully saturated rings. The Hall–Kier alpha value is -3.24. The van der Waals surface area contributed by atoms with E-state index >= 15 is 0 Å². The monoisotopic (exact) mass is 454 g/mol. The number of ether oxygens (including phenoxy) is 1. The second-order valence-corrected chi connectivity index (χ2v) is 8.88. The van der Waals surface area contributed by atoms with Crippen LogP contribution in [0.15, 0.2) is 45.4 Å². The van der Waals surface area contributed by atoms with Crippen LogP contribution in [0.1, 0.15) is 37.9 Å². The van der Waals surface area contributed by atoms with Gasteiger partial charge in [-0.25, -0.2) is 9.78 Å². The van der Waals surface area contributed by atoms with Crippen molar-refractivity contribution in [3.8, 4) is 0 Å². The minimum absolute atomic E-state index is 0.202. The third-order valence-electron chi connectivity index (χ3n) is 4.57. The molecule has 0 spiro atoms. The van der Waals surface area contributed by atoms with E-state index in [1.807, 2.05) is 26.0 Å². The van der Waals surface area contributed by atoms with Gasteiger partial charge in [0, 0.05) is 23.2 Å². The number of methoxy groups -OCH3 is 1. The minimum Gasteiger partial charge on any atom is -0.465 e. The molecule has 0 aliphatic heterocycles. The highest BCUT2D eigenvalue weighted by Crippen LogP contribution is 2.34. The third-order valence-corrected chi connectivity index (χ3v) is 6.75. The number of anilines is 1. The van der Waals surface area contributed by atoms with Crippen LogP contribution in [0.2, 0.25) is 0 Å². The maximum Gasteiger partial charge on any atom is 0.339 e. The van der Waals surface area contributed by atoms with Gasteiger partial charge in [-0.05, 0) is 44.2 Å². The number of thioether (sulfide) groups is 1. The SMILES string of the molecule is COC(=O)c1ccc(C(=O)Nc2ccc3nc(SCc4c(C)noc4C)sc3c2)nc1. The molecule has 0 aliphatic rings. The first kappa shape index (κ1) is 21.0. The zero-order valence-electron chi connectivity index (χ0n) is 17.0. The largest absolute Gasteiger partial charge is 0.465 e. The van der Waals surface area contributed by atoms with Crippen molar-refractivity contribution in [1.29, 1.82) is 0 Å². The number of rotatable bonds is 6. The first-order chi connectivity index (χ1) is 14.9. The van der Waals surface area contributed by atoms with Gasteiger partial charge >= 0.3 is 5.97 Å². The number of carbonyl (C=O) groups is 2. The zero-order chi connectivity index (χ0) is 22.0. The summed E-state index contributed by atoms with van der Waals surface area (Å²) in [4.78, 5) is 32.6. The summed E-state index contributed by atoms with van der Waals surface area (Å²) in [5, 5.41) is 6.80. The zero-order valence-corrected chi connectivity index (χ0v) is 18.6. The van der Waals surface area contributed by atoms with Gasteiger partial charge in [0.15, 0.2) is 4.34 Å². The van der Waals surface area contributed by atoms with Gasteiger partial charge in [0.25, 0.3) is 5.91 Å². The Balaban J connectivity index is 1.45. The fourth-order valence-corrected chi connectivity index (χ4v) is 5.11. The highest BCUT2D eigenvalue weighted by Gasteiger charge is 2.14. The summed E-state index contributed by atoms with van der Waals surface area (Å²) in [6.45, 7) is 3.83. The van der Waals surface area contributed by atoms with Crippen molar-refractivity contribution in [2.45, 2.75) is 23.9 Å². The molecule has 158 valence electrons. The van der Waals surface area contributed by atoms with E-state index in [0.29, 0.717) is 5.69 Å². The van der Waals surface area contributed by atoms with Gasteiger partial charge in [0.05, 0.1) is 28.6 Å². The number of nitrogens with one attached hydrogen (secondary N) is 1. The van der Waals surface area contributed by atoms with Gasteiger partial charge in [-0.3, -0.25) is 9.78 Å². The molecule has 0 saturated heterocycles. The Kier molecular flexibility index (Phi) is 6.01. The Morgan fingerprint density at radius 1 is 1.23 bits per heavy atom. The lowest BCUT2D eigenvalue weighted by Gasteiger charge is -2.05. The molecule has 0 unspecified atom stereocenters. The van der Waals surface area contributed by atoms with E-state index < -0.39 is 5.97 Å². The number of hydrogen-bond acceptors (Lipinski definition) is 9. The summed E-state index contributed by atoms with van der Waals surface area (Å²) in [7, 11) is 1.29. The topological polar surface area (TPSA) is 107 Å². The van der Waals surface area contributed by atoms with E-state index in [4.69, 9.17) is 4.52 Å². The van der Waals surface area contributed by atoms with Crippen LogP contribution in [0.25, 0.3) is 10.2 Å². The fraction of sp³-hybridized carbons (Fsp3) is 0.190. The molecule has 0 radical (unpaired) electrons. The van der Waals surface area contributed by atoms with E-state index in [9.17, 15) is 9.59 Å². The van der Waals surface area contributed by atoms with Crippen LogP contribution in [-0.2, 0) is 10.5 Å². The van der Waals surface area contributed by atoms with Crippen molar-refractivity contribution < 1.29 is 18.8 Å². The number of aromatic nitrogens is 3. The highest BCUT2D eigenvalue weighted by atomic mass is 32.2. The first-order valence-corrected chi connectivity index (χ1v) is 11.1. The van der Waals surface area contributed by atoms with E-state index in [-0.39, 0.29) is 17.2 Å². The Morgan fingerprint density at radius 3 is 2.74 bits per heavy atom. The number of esters is 1. The van der Waals surface area contributed by atoms with Crippen molar-refractivity contribution >= 4 is 50.9 Å². The lowest BCUT2D eigenvalue weighted by atomic mass is 10.2. The molecule has 0 atom stereocenters. The molecular formula is C21H18N4O4S2. The van der Waals surface area contributed by atoms with Crippen LogP contribution in [0.5, 0.6) is 0 Å². The van der Waals surface area contributed by atoms with Crippen LogP contribution in [-0.4, -0.2) is 34.1 Å². The van der Waals surface area contributed by atoms with Gasteiger partial charge < -0.3 is 14.6 Å². The summed E-state index contributed by atoms with van der Waals surface area (Å²) >= 11 is 3.18. The van der Waals surface area contributed by atoms with Gasteiger partial charge in [-0.15, -0.1) is 11.3 Å². The van der Waals surface area contributed by atoms with E-state index in [1.54, 1.807) is 29.2 Å². The van der Waals surface area contributed by atoms with Gasteiger partial charge in [0.2, 0.25) is 0 Å². The van der Waals surface area contributed by atoms with Crippen LogP contribution in [0, 0.1) is 13.8 Å². The molecular weight excluding hydrogens is 436 g/mol. The molecule has 0 aliphatic carbocycles. The van der Waals surface area contributed by atoms with Crippen LogP contribution in [0.4, 0.5) is 5.69 Å². The highest BCUT2D eigenvalue weighted by molar-refractivity contribution is 8.00. The maximum atomic E-state index is 12.5. The first-order valence-electron chi connectivity index (χ1n) is 9.25. The number of aryl methyl sites for hydroxylation is 2. The molecule has 3 heterocycles. The smallest absolute Gasteiger partial charge is 0.339 e. The predicted molar refractivity (Wildman–Crippen MR) is 119 cm³/mol. The standard InChI is InChI=1S/C21H18N4O4S2/c1-11-15(12(2)29-25-11)10-30-21-24-16-7-5-14(8-18(16)31-21)23-19(26)17-6-4-13(9-22-17)20(27)28-3/h4-9H,10H2,1-3H3,(H,23,26). The molecule has 0 saturated carbocycles. The van der Waals surface area contributed by atoms with E-state index in [1.165, 1.54) is 25.4 Å². The number of nitrogens with zero attached hydrogens (tertiary/aromatic N) is 3. The fourth-order valence-electron chi connectivity index (χ4n) is 2.85. The van der Waals surface area contributed by atoms with E-state index in [0.717, 1.165) is 37.3 Å². The van der Waals surface area contributed by atoms with Gasteiger partial charge in [-0.2, -0.15) is 0 Å². The van der Waals surface area contributed by atoms with Crippen LogP contribution >= 0.6 is 23.1 Å². The Bertz CT molecular complexity index is 1240. The summed E-state index contributed by atoms with van der Waals surface area (Å²) in [5.41, 5.74) is 3.97. The maximum absolute atomic E-state index is 12.5. The number of benzene rings is 1. The minimum atomic E-state index is -0.502. The molecule has 10 heteroatoms. The van der Waals surface area contributed by atoms with Crippen molar-refractivity contribution in [2.75, 3.05) is 12.4 Å². The number of carbonyl (C=O) groups excluding carboxylic acids is 2. The van der Waals surface area contributed by atoms with Crippen molar-refractivity contribution in [2.24, 2.45) is 0 Å². The van der Waals surface area contributed by atoms with Gasteiger partial charge in [-0.1, -0.05) is 16.9 Å². The number of amides is 1. The molecule has 4 aromatic rings. The summed E-state index contributed by atoms with van der Waals surface area (Å²) in [6, 6.07) is 8.53. The van der Waals surface area contributed by atoms with E-state index in [2.05, 4.69) is 25.2 Å². The molecule has 1 N–H and O–H groups in total. The van der Waals surface area contributed by atoms with Crippen molar-refractivity contribution in [3.63, 3.8) is 0 Å². The van der Waals surface area contributed by atoms with Crippen LogP contribution < -0.4 is 5.32 Å². The quantitative estimate of drug-likeness (QED) is 0.332. The average molecular weight is 455 g/mol. The second-order valence-electron chi connectivity index (χ2n) is 6.63. The third kappa shape index (κ3) is 4.59. The number of thiazole rings is 1. The summed E-state index contributed by atoms with van der Waals surface area (Å²) < 4.78 is 11.7. The summed E-state index contributed by atoms with van der Waals surface area (Å²) in [5.74, 6) is 0.688. The summed E-state index contributed by atoms with van der Waals surface area (Å²) in [6.07, 6.45) is 1.32. The molecule has 1 amide bonds. The Morgan fingerprint density at radius 2 is 2.06 bits per heavy atom. The predicted octanol–water partition coefficient (Wildman–Crippen LogP) is 4.63. The molecule has 0 bridgehead atoms. The molecule has 1 aromatic carbocycles. The van der Waals surface area contributed by atoms with Crippen LogP contribution in [0.3, 0.4) is 0 Å². The lowest BCUT2D eigenvalue weighted by Crippen LogP contribution is -2.14. The lowest BCUT2D eigenvalue weighted by molar-refractivity contribution is 0.0600. The number of fused-ring (bicyclic) bond motifs is 1. The molecule has 3 aromatic heterocycles.